The van der Waals surface area contributed by atoms with Crippen LogP contribution in [0.5, 0.6) is 0 Å². The number of H-pyrrole nitrogens is 1. The first kappa shape index (κ1) is 11.6. The molecule has 7 nitrogen and oxygen atoms in total. The highest BCUT2D eigenvalue weighted by molar-refractivity contribution is 9.10. The molecule has 0 saturated heterocycles. The van der Waals surface area contributed by atoms with E-state index in [4.69, 9.17) is 0 Å². The van der Waals surface area contributed by atoms with Gasteiger partial charge in [0, 0.05) is 16.9 Å². The summed E-state index contributed by atoms with van der Waals surface area (Å²) in [7, 11) is 0. The number of amides is 1. The maximum atomic E-state index is 11.8. The maximum absolute atomic E-state index is 11.8. The predicted molar refractivity (Wildman–Crippen MR) is 62.0 cm³/mol. The third-order valence-corrected chi connectivity index (χ3v) is 2.50. The summed E-state index contributed by atoms with van der Waals surface area (Å²) in [6.07, 6.45) is 3.10. The Kier molecular flexibility index (Phi) is 3.43. The molecule has 0 bridgehead atoms. The number of aromatic nitrogens is 5. The Morgan fingerprint density at radius 1 is 1.53 bits per heavy atom. The molecule has 0 aliphatic carbocycles. The number of pyridine rings is 1. The molecular formula is C9H9BrN6O. The molecule has 2 rings (SSSR count). The summed E-state index contributed by atoms with van der Waals surface area (Å²) in [5.41, 5.74) is 0.467. The Balaban J connectivity index is 2.07. The second kappa shape index (κ2) is 5.00. The summed E-state index contributed by atoms with van der Waals surface area (Å²) < 4.78 is 0.748. The Hall–Kier alpha value is -1.83. The highest BCUT2D eigenvalue weighted by atomic mass is 79.9. The summed E-state index contributed by atoms with van der Waals surface area (Å²) in [4.78, 5) is 15.8. The molecule has 0 saturated carbocycles. The first-order chi connectivity index (χ1) is 8.16. The SMILES string of the molecule is CC(NC(=O)c1cncc(Br)c1)c1nn[nH]n1. The second-order valence-corrected chi connectivity index (χ2v) is 4.27. The minimum Gasteiger partial charge on any atom is -0.342 e. The van der Waals surface area contributed by atoms with Gasteiger partial charge in [0.1, 0.15) is 0 Å². The number of rotatable bonds is 3. The van der Waals surface area contributed by atoms with Crippen LogP contribution in [-0.2, 0) is 0 Å². The van der Waals surface area contributed by atoms with Crippen LogP contribution in [0.4, 0.5) is 0 Å². The molecular weight excluding hydrogens is 288 g/mol. The van der Waals surface area contributed by atoms with Crippen LogP contribution in [0.2, 0.25) is 0 Å². The zero-order valence-corrected chi connectivity index (χ0v) is 10.5. The topological polar surface area (TPSA) is 96.5 Å². The van der Waals surface area contributed by atoms with Gasteiger partial charge in [0.2, 0.25) is 0 Å². The smallest absolute Gasteiger partial charge is 0.253 e. The van der Waals surface area contributed by atoms with Gasteiger partial charge in [-0.15, -0.1) is 10.2 Å². The van der Waals surface area contributed by atoms with E-state index in [1.54, 1.807) is 19.2 Å². The van der Waals surface area contributed by atoms with E-state index in [0.717, 1.165) is 4.47 Å². The van der Waals surface area contributed by atoms with E-state index in [1.807, 2.05) is 0 Å². The van der Waals surface area contributed by atoms with Gasteiger partial charge in [0.25, 0.3) is 5.91 Å². The van der Waals surface area contributed by atoms with E-state index in [-0.39, 0.29) is 11.9 Å². The van der Waals surface area contributed by atoms with Crippen LogP contribution in [0.1, 0.15) is 29.1 Å². The minimum absolute atomic E-state index is 0.240. The van der Waals surface area contributed by atoms with Crippen molar-refractivity contribution in [2.75, 3.05) is 0 Å². The summed E-state index contributed by atoms with van der Waals surface area (Å²) in [5.74, 6) is 0.192. The molecule has 1 atom stereocenters. The first-order valence-corrected chi connectivity index (χ1v) is 5.61. The Labute approximate surface area is 105 Å². The molecule has 0 spiro atoms. The number of carbonyl (C=O) groups excluding carboxylic acids is 1. The second-order valence-electron chi connectivity index (χ2n) is 3.36. The Morgan fingerprint density at radius 3 is 3.00 bits per heavy atom. The highest BCUT2D eigenvalue weighted by Gasteiger charge is 2.14. The fourth-order valence-electron chi connectivity index (χ4n) is 1.23. The van der Waals surface area contributed by atoms with E-state index in [1.165, 1.54) is 6.20 Å². The molecule has 0 aliphatic heterocycles. The highest BCUT2D eigenvalue weighted by Crippen LogP contribution is 2.11. The molecule has 17 heavy (non-hydrogen) atoms. The van der Waals surface area contributed by atoms with Crippen LogP contribution in [0.15, 0.2) is 22.9 Å². The Morgan fingerprint density at radius 2 is 2.35 bits per heavy atom. The van der Waals surface area contributed by atoms with Crippen molar-refractivity contribution in [2.45, 2.75) is 13.0 Å². The van der Waals surface area contributed by atoms with E-state index >= 15 is 0 Å². The van der Waals surface area contributed by atoms with Gasteiger partial charge in [0.15, 0.2) is 5.82 Å². The fourth-order valence-corrected chi connectivity index (χ4v) is 1.60. The summed E-state index contributed by atoms with van der Waals surface area (Å²) in [6, 6.07) is 1.37. The average Bonchev–Trinajstić information content (AvgIpc) is 2.82. The lowest BCUT2D eigenvalue weighted by Crippen LogP contribution is -2.27. The number of carbonyl (C=O) groups is 1. The van der Waals surface area contributed by atoms with Crippen molar-refractivity contribution in [1.82, 2.24) is 30.9 Å². The van der Waals surface area contributed by atoms with E-state index in [9.17, 15) is 4.79 Å². The molecule has 0 radical (unpaired) electrons. The summed E-state index contributed by atoms with van der Waals surface area (Å²) in [5, 5.41) is 16.1. The first-order valence-electron chi connectivity index (χ1n) is 4.81. The molecule has 1 unspecified atom stereocenters. The fraction of sp³-hybridized carbons (Fsp3) is 0.222. The summed E-state index contributed by atoms with van der Waals surface area (Å²) >= 11 is 3.25. The van der Waals surface area contributed by atoms with Gasteiger partial charge in [-0.05, 0) is 28.9 Å². The number of hydrogen-bond acceptors (Lipinski definition) is 5. The van der Waals surface area contributed by atoms with Gasteiger partial charge in [-0.3, -0.25) is 9.78 Å². The van der Waals surface area contributed by atoms with Crippen molar-refractivity contribution in [3.8, 4) is 0 Å². The van der Waals surface area contributed by atoms with Gasteiger partial charge in [-0.1, -0.05) is 5.21 Å². The zero-order chi connectivity index (χ0) is 12.3. The van der Waals surface area contributed by atoms with Crippen LogP contribution in [-0.4, -0.2) is 31.5 Å². The molecule has 88 valence electrons. The van der Waals surface area contributed by atoms with Crippen molar-refractivity contribution < 1.29 is 4.79 Å². The number of nitrogens with one attached hydrogen (secondary N) is 2. The summed E-state index contributed by atoms with van der Waals surface area (Å²) in [6.45, 7) is 1.77. The number of hydrogen-bond donors (Lipinski definition) is 2. The van der Waals surface area contributed by atoms with Crippen molar-refractivity contribution in [3.63, 3.8) is 0 Å². The van der Waals surface area contributed by atoms with Crippen molar-refractivity contribution >= 4 is 21.8 Å². The van der Waals surface area contributed by atoms with E-state index < -0.39 is 0 Å². The number of halogens is 1. The molecule has 2 heterocycles. The van der Waals surface area contributed by atoms with Crippen LogP contribution >= 0.6 is 15.9 Å². The van der Waals surface area contributed by atoms with E-state index in [0.29, 0.717) is 11.4 Å². The van der Waals surface area contributed by atoms with Crippen LogP contribution in [0, 0.1) is 0 Å². The molecule has 8 heteroatoms. The molecule has 0 aliphatic rings. The molecule has 2 aromatic heterocycles. The van der Waals surface area contributed by atoms with Crippen molar-refractivity contribution in [3.05, 3.63) is 34.3 Å². The van der Waals surface area contributed by atoms with Gasteiger partial charge in [-0.2, -0.15) is 5.21 Å². The monoisotopic (exact) mass is 296 g/mol. The lowest BCUT2D eigenvalue weighted by molar-refractivity contribution is 0.0938. The standard InChI is InChI=1S/C9H9BrN6O/c1-5(8-13-15-16-14-8)12-9(17)6-2-7(10)4-11-3-6/h2-5H,1H3,(H,12,17)(H,13,14,15,16). The lowest BCUT2D eigenvalue weighted by Gasteiger charge is -2.09. The maximum Gasteiger partial charge on any atom is 0.253 e. The minimum atomic E-state index is -0.319. The predicted octanol–water partition coefficient (Wildman–Crippen LogP) is 0.848. The van der Waals surface area contributed by atoms with Crippen molar-refractivity contribution in [2.24, 2.45) is 0 Å². The molecule has 2 aromatic rings. The van der Waals surface area contributed by atoms with Crippen LogP contribution in [0.25, 0.3) is 0 Å². The Bertz CT molecular complexity index is 514. The normalized spacial score (nSPS) is 12.1. The number of nitrogens with zero attached hydrogens (tertiary/aromatic N) is 4. The van der Waals surface area contributed by atoms with Gasteiger partial charge in [-0.25, -0.2) is 0 Å². The van der Waals surface area contributed by atoms with Crippen LogP contribution < -0.4 is 5.32 Å². The van der Waals surface area contributed by atoms with Gasteiger partial charge >= 0.3 is 0 Å². The zero-order valence-electron chi connectivity index (χ0n) is 8.88. The van der Waals surface area contributed by atoms with E-state index in [2.05, 4.69) is 46.9 Å². The quantitative estimate of drug-likeness (QED) is 0.875. The van der Waals surface area contributed by atoms with Gasteiger partial charge < -0.3 is 5.32 Å². The number of tetrazole rings is 1. The molecule has 0 aromatic carbocycles. The molecule has 2 N–H and O–H groups in total. The van der Waals surface area contributed by atoms with Gasteiger partial charge in [0.05, 0.1) is 11.6 Å². The number of aromatic amines is 1. The molecule has 1 amide bonds. The third-order valence-electron chi connectivity index (χ3n) is 2.06. The van der Waals surface area contributed by atoms with Crippen molar-refractivity contribution in [1.29, 1.82) is 0 Å². The molecule has 0 fully saturated rings. The lowest BCUT2D eigenvalue weighted by atomic mass is 10.2. The largest absolute Gasteiger partial charge is 0.342 e. The average molecular weight is 297 g/mol. The third kappa shape index (κ3) is 2.84. The van der Waals surface area contributed by atoms with Crippen LogP contribution in [0.3, 0.4) is 0 Å².